The van der Waals surface area contributed by atoms with Crippen molar-refractivity contribution < 1.29 is 28.6 Å². The Kier molecular flexibility index (Phi) is 63.9. The number of carbonyl (C=O) groups excluding carboxylic acids is 3. The maximum absolute atomic E-state index is 12.9. The Morgan fingerprint density at radius 1 is 0.259 bits per heavy atom. The van der Waals surface area contributed by atoms with Gasteiger partial charge >= 0.3 is 17.9 Å². The van der Waals surface area contributed by atoms with E-state index in [-0.39, 0.29) is 37.5 Å². The van der Waals surface area contributed by atoms with E-state index in [0.29, 0.717) is 19.3 Å². The van der Waals surface area contributed by atoms with Crippen LogP contribution in [0.25, 0.3) is 0 Å². The zero-order valence-electron chi connectivity index (χ0n) is 52.5. The van der Waals surface area contributed by atoms with Crippen LogP contribution in [0.1, 0.15) is 290 Å². The van der Waals surface area contributed by atoms with E-state index in [2.05, 4.69) is 167 Å². The Bertz CT molecular complexity index is 1760. The normalized spacial score (nSPS) is 13.1. The Labute approximate surface area is 499 Å². The monoisotopic (exact) mass is 1120 g/mol. The summed E-state index contributed by atoms with van der Waals surface area (Å²) in [6, 6.07) is 0. The minimum atomic E-state index is -0.817. The quantitative estimate of drug-likeness (QED) is 0.0261. The zero-order chi connectivity index (χ0) is 58.5. The molecule has 0 N–H and O–H groups in total. The maximum atomic E-state index is 12.9. The fourth-order valence-corrected chi connectivity index (χ4v) is 8.92. The summed E-state index contributed by atoms with van der Waals surface area (Å²) in [6.45, 7) is 6.38. The van der Waals surface area contributed by atoms with Crippen molar-refractivity contribution in [1.29, 1.82) is 0 Å². The first-order chi connectivity index (χ1) is 40.0. The Balaban J connectivity index is 4.51. The van der Waals surface area contributed by atoms with Crippen LogP contribution >= 0.6 is 0 Å². The predicted molar refractivity (Wildman–Crippen MR) is 352 cm³/mol. The fourth-order valence-electron chi connectivity index (χ4n) is 8.92. The second-order valence-corrected chi connectivity index (χ2v) is 21.6. The predicted octanol–water partition coefficient (Wildman–Crippen LogP) is 23.1. The standard InChI is InChI=1S/C75H122O6/c1-4-7-10-13-16-19-22-25-28-31-34-35-36-37-38-39-42-44-47-50-53-56-59-62-65-68-74(77)80-71-72(81-75(78)69-66-63-60-57-54-51-48-45-41-33-30-27-24-21-18-15-12-9-6-3)70-79-73(76)67-64-61-58-55-52-49-46-43-40-32-29-26-23-20-17-14-11-8-5-2/h7,9-10,12,16,18-19,21,25,27-28,30,34-35,37-38,41-42,44-45,50-51,53-54,72H,4-6,8,11,13-15,17,20,22-24,26,29,31-33,36,39-40,43,46-49,52,55-71H2,1-3H3/b10-7-,12-9-,19-16-,21-18-,28-25-,30-27-,35-34-,38-37-,44-42-,45-41-,53-50-,54-51-. The van der Waals surface area contributed by atoms with Crippen molar-refractivity contribution in [3.63, 3.8) is 0 Å². The van der Waals surface area contributed by atoms with Gasteiger partial charge in [-0.25, -0.2) is 0 Å². The number of unbranched alkanes of at least 4 members (excludes halogenated alkanes) is 24. The van der Waals surface area contributed by atoms with Gasteiger partial charge in [-0.2, -0.15) is 0 Å². The third kappa shape index (κ3) is 66.0. The van der Waals surface area contributed by atoms with Crippen LogP contribution in [0.2, 0.25) is 0 Å². The van der Waals surface area contributed by atoms with Gasteiger partial charge in [0, 0.05) is 19.3 Å². The number of ether oxygens (including phenoxy) is 3. The third-order valence-electron chi connectivity index (χ3n) is 13.8. The molecule has 0 aromatic heterocycles. The Hall–Kier alpha value is -4.71. The number of carbonyl (C=O) groups is 3. The molecule has 1 atom stereocenters. The molecule has 0 aliphatic rings. The van der Waals surface area contributed by atoms with E-state index in [1.54, 1.807) is 0 Å². The summed E-state index contributed by atoms with van der Waals surface area (Å²) in [4.78, 5) is 38.4. The number of hydrogen-bond acceptors (Lipinski definition) is 6. The molecule has 0 aromatic carbocycles. The summed E-state index contributed by atoms with van der Waals surface area (Å²) in [5, 5.41) is 0. The van der Waals surface area contributed by atoms with Crippen LogP contribution in [0.15, 0.2) is 146 Å². The zero-order valence-corrected chi connectivity index (χ0v) is 52.5. The van der Waals surface area contributed by atoms with Gasteiger partial charge in [-0.05, 0) is 122 Å². The number of allylic oxidation sites excluding steroid dienone is 24. The molecule has 1 unspecified atom stereocenters. The van der Waals surface area contributed by atoms with E-state index in [1.165, 1.54) is 103 Å². The highest BCUT2D eigenvalue weighted by molar-refractivity contribution is 5.71. The van der Waals surface area contributed by atoms with Crippen LogP contribution in [0, 0.1) is 0 Å². The molecular weight excluding hydrogens is 997 g/mol. The van der Waals surface area contributed by atoms with Crippen molar-refractivity contribution in [3.8, 4) is 0 Å². The highest BCUT2D eigenvalue weighted by Crippen LogP contribution is 2.16. The van der Waals surface area contributed by atoms with Crippen LogP contribution < -0.4 is 0 Å². The lowest BCUT2D eigenvalue weighted by atomic mass is 10.0. The molecule has 0 spiro atoms. The minimum Gasteiger partial charge on any atom is -0.462 e. The van der Waals surface area contributed by atoms with Gasteiger partial charge < -0.3 is 14.2 Å². The first kappa shape index (κ1) is 76.3. The van der Waals surface area contributed by atoms with Gasteiger partial charge in [0.15, 0.2) is 6.10 Å². The fraction of sp³-hybridized carbons (Fsp3) is 0.640. The van der Waals surface area contributed by atoms with Gasteiger partial charge in [0.1, 0.15) is 13.2 Å². The summed E-state index contributed by atoms with van der Waals surface area (Å²) >= 11 is 0. The van der Waals surface area contributed by atoms with Crippen LogP contribution in [-0.4, -0.2) is 37.2 Å². The topological polar surface area (TPSA) is 78.9 Å². The molecule has 6 nitrogen and oxygen atoms in total. The molecule has 0 radical (unpaired) electrons. The van der Waals surface area contributed by atoms with E-state index >= 15 is 0 Å². The maximum Gasteiger partial charge on any atom is 0.306 e. The third-order valence-corrected chi connectivity index (χ3v) is 13.8. The summed E-state index contributed by atoms with van der Waals surface area (Å²) in [6.07, 6.45) is 97.1. The number of hydrogen-bond donors (Lipinski definition) is 0. The molecule has 0 bridgehead atoms. The highest BCUT2D eigenvalue weighted by atomic mass is 16.6. The van der Waals surface area contributed by atoms with E-state index in [0.717, 1.165) is 141 Å². The second kappa shape index (κ2) is 67.8. The molecule has 6 heteroatoms. The average molecular weight is 1120 g/mol. The van der Waals surface area contributed by atoms with E-state index in [1.807, 2.05) is 0 Å². The van der Waals surface area contributed by atoms with Crippen LogP contribution in [0.4, 0.5) is 0 Å². The average Bonchev–Trinajstić information content (AvgIpc) is 3.47. The molecule has 0 fully saturated rings. The SMILES string of the molecule is CC/C=C\C/C=C\C/C=C\C/C=C\C/C=C\C/C=C\C/C=C\CCCCCC(=O)OCC(COC(=O)CCCCCCCCCCCCCCCCCCCCC)OC(=O)CCCCC/C=C\C/C=C\C/C=C\C/C=C\C/C=C\CC. The van der Waals surface area contributed by atoms with Crippen molar-refractivity contribution >= 4 is 17.9 Å². The van der Waals surface area contributed by atoms with Gasteiger partial charge in [0.05, 0.1) is 0 Å². The molecule has 0 saturated carbocycles. The van der Waals surface area contributed by atoms with Gasteiger partial charge in [-0.15, -0.1) is 0 Å². The first-order valence-corrected chi connectivity index (χ1v) is 33.3. The van der Waals surface area contributed by atoms with Crippen molar-refractivity contribution in [2.75, 3.05) is 13.2 Å². The molecule has 0 aliphatic carbocycles. The second-order valence-electron chi connectivity index (χ2n) is 21.6. The molecule has 0 amide bonds. The molecule has 0 aromatic rings. The number of esters is 3. The Morgan fingerprint density at radius 2 is 0.481 bits per heavy atom. The summed E-state index contributed by atoms with van der Waals surface area (Å²) in [7, 11) is 0. The lowest BCUT2D eigenvalue weighted by Gasteiger charge is -2.18. The van der Waals surface area contributed by atoms with Crippen molar-refractivity contribution in [2.45, 2.75) is 297 Å². The molecule has 0 saturated heterocycles. The molecule has 0 aliphatic heterocycles. The number of rotatable bonds is 59. The van der Waals surface area contributed by atoms with Crippen molar-refractivity contribution in [2.24, 2.45) is 0 Å². The van der Waals surface area contributed by atoms with E-state index in [4.69, 9.17) is 14.2 Å². The smallest absolute Gasteiger partial charge is 0.306 e. The van der Waals surface area contributed by atoms with E-state index in [9.17, 15) is 14.4 Å². The van der Waals surface area contributed by atoms with Crippen molar-refractivity contribution in [3.05, 3.63) is 146 Å². The van der Waals surface area contributed by atoms with Gasteiger partial charge in [0.25, 0.3) is 0 Å². The molecule has 0 heterocycles. The molecule has 81 heavy (non-hydrogen) atoms. The highest BCUT2D eigenvalue weighted by Gasteiger charge is 2.19. The summed E-state index contributed by atoms with van der Waals surface area (Å²) in [5.74, 6) is -0.967. The van der Waals surface area contributed by atoms with Gasteiger partial charge in [-0.1, -0.05) is 295 Å². The molecular formula is C75H122O6. The van der Waals surface area contributed by atoms with Crippen LogP contribution in [0.5, 0.6) is 0 Å². The first-order valence-electron chi connectivity index (χ1n) is 33.3. The van der Waals surface area contributed by atoms with Crippen molar-refractivity contribution in [1.82, 2.24) is 0 Å². The lowest BCUT2D eigenvalue weighted by Crippen LogP contribution is -2.30. The lowest BCUT2D eigenvalue weighted by molar-refractivity contribution is -0.167. The van der Waals surface area contributed by atoms with Gasteiger partial charge in [-0.3, -0.25) is 14.4 Å². The minimum absolute atomic E-state index is 0.105. The summed E-state index contributed by atoms with van der Waals surface area (Å²) in [5.41, 5.74) is 0. The van der Waals surface area contributed by atoms with E-state index < -0.39 is 6.10 Å². The molecule has 0 rings (SSSR count). The molecule has 458 valence electrons. The largest absolute Gasteiger partial charge is 0.462 e. The van der Waals surface area contributed by atoms with Crippen LogP contribution in [-0.2, 0) is 28.6 Å². The summed E-state index contributed by atoms with van der Waals surface area (Å²) < 4.78 is 16.9. The Morgan fingerprint density at radius 3 is 0.753 bits per heavy atom. The van der Waals surface area contributed by atoms with Crippen LogP contribution in [0.3, 0.4) is 0 Å². The van der Waals surface area contributed by atoms with Gasteiger partial charge in [0.2, 0.25) is 0 Å².